The van der Waals surface area contributed by atoms with E-state index in [0.717, 1.165) is 25.9 Å². The first kappa shape index (κ1) is 15.1. The molecular weight excluding hydrogens is 260 g/mol. The Balaban J connectivity index is 1.97. The summed E-state index contributed by atoms with van der Waals surface area (Å²) in [5.41, 5.74) is -0.391. The molecule has 0 aromatic carbocycles. The third-order valence-corrected chi connectivity index (χ3v) is 4.33. The van der Waals surface area contributed by atoms with Crippen LogP contribution in [0.2, 0.25) is 0 Å². The van der Waals surface area contributed by atoms with E-state index in [0.29, 0.717) is 25.6 Å². The van der Waals surface area contributed by atoms with Crippen LogP contribution < -0.4 is 5.32 Å². The van der Waals surface area contributed by atoms with E-state index in [-0.39, 0.29) is 6.03 Å². The topological polar surface area (TPSA) is 78.9 Å². The zero-order chi connectivity index (χ0) is 14.8. The molecule has 6 heteroatoms. The first-order chi connectivity index (χ1) is 9.42. The number of nitrogens with zero attached hydrogens (tertiary/aromatic N) is 1. The number of urea groups is 1. The van der Waals surface area contributed by atoms with Crippen molar-refractivity contribution in [3.05, 3.63) is 0 Å². The van der Waals surface area contributed by atoms with E-state index in [2.05, 4.69) is 5.32 Å². The van der Waals surface area contributed by atoms with Crippen LogP contribution in [0.4, 0.5) is 4.79 Å². The SMILES string of the molecule is CC1(C)CCCN(C(=O)NCC2CCOC2)C1C(=O)O. The summed E-state index contributed by atoms with van der Waals surface area (Å²) in [4.78, 5) is 25.2. The Hall–Kier alpha value is -1.30. The number of likely N-dealkylation sites (tertiary alicyclic amines) is 1. The minimum atomic E-state index is -0.922. The summed E-state index contributed by atoms with van der Waals surface area (Å²) in [6.07, 6.45) is 2.62. The molecule has 0 aromatic rings. The van der Waals surface area contributed by atoms with Gasteiger partial charge in [0.15, 0.2) is 0 Å². The van der Waals surface area contributed by atoms with Crippen LogP contribution in [0.25, 0.3) is 0 Å². The Labute approximate surface area is 119 Å². The lowest BCUT2D eigenvalue weighted by molar-refractivity contribution is -0.148. The molecule has 0 aromatic heterocycles. The zero-order valence-electron chi connectivity index (χ0n) is 12.2. The number of hydrogen-bond donors (Lipinski definition) is 2. The van der Waals surface area contributed by atoms with Crippen molar-refractivity contribution in [2.24, 2.45) is 11.3 Å². The van der Waals surface area contributed by atoms with Crippen molar-refractivity contribution >= 4 is 12.0 Å². The molecule has 2 atom stereocenters. The quantitative estimate of drug-likeness (QED) is 0.819. The van der Waals surface area contributed by atoms with E-state index in [4.69, 9.17) is 4.74 Å². The number of rotatable bonds is 3. The highest BCUT2D eigenvalue weighted by Crippen LogP contribution is 2.35. The van der Waals surface area contributed by atoms with Crippen LogP contribution in [0.3, 0.4) is 0 Å². The fourth-order valence-electron chi connectivity index (χ4n) is 3.16. The largest absolute Gasteiger partial charge is 0.480 e. The van der Waals surface area contributed by atoms with Gasteiger partial charge >= 0.3 is 12.0 Å². The van der Waals surface area contributed by atoms with Gasteiger partial charge in [-0.1, -0.05) is 13.8 Å². The highest BCUT2D eigenvalue weighted by atomic mass is 16.5. The molecule has 0 saturated carbocycles. The zero-order valence-corrected chi connectivity index (χ0v) is 12.2. The number of carboxylic acids is 1. The summed E-state index contributed by atoms with van der Waals surface area (Å²) < 4.78 is 5.27. The normalized spacial score (nSPS) is 29.2. The van der Waals surface area contributed by atoms with Crippen molar-refractivity contribution in [3.63, 3.8) is 0 Å². The van der Waals surface area contributed by atoms with Crippen LogP contribution >= 0.6 is 0 Å². The third-order valence-electron chi connectivity index (χ3n) is 4.33. The minimum Gasteiger partial charge on any atom is -0.480 e. The van der Waals surface area contributed by atoms with E-state index in [1.54, 1.807) is 0 Å². The second kappa shape index (κ2) is 5.99. The molecule has 20 heavy (non-hydrogen) atoms. The van der Waals surface area contributed by atoms with Crippen LogP contribution in [-0.2, 0) is 9.53 Å². The Bertz CT molecular complexity index is 377. The van der Waals surface area contributed by atoms with E-state index in [1.807, 2.05) is 13.8 Å². The Morgan fingerprint density at radius 3 is 2.80 bits per heavy atom. The molecule has 2 heterocycles. The summed E-state index contributed by atoms with van der Waals surface area (Å²) in [5, 5.41) is 12.3. The molecule has 2 saturated heterocycles. The Morgan fingerprint density at radius 1 is 1.45 bits per heavy atom. The van der Waals surface area contributed by atoms with E-state index in [1.165, 1.54) is 4.90 Å². The molecular formula is C14H24N2O4. The maximum absolute atomic E-state index is 12.3. The van der Waals surface area contributed by atoms with Gasteiger partial charge in [0.05, 0.1) is 6.61 Å². The average molecular weight is 284 g/mol. The number of ether oxygens (including phenoxy) is 1. The number of piperidine rings is 1. The Kier molecular flexibility index (Phi) is 4.52. The third kappa shape index (κ3) is 3.23. The second-order valence-electron chi connectivity index (χ2n) is 6.44. The predicted octanol–water partition coefficient (Wildman–Crippen LogP) is 1.31. The van der Waals surface area contributed by atoms with Crippen LogP contribution in [0.5, 0.6) is 0 Å². The van der Waals surface area contributed by atoms with Gasteiger partial charge in [0.1, 0.15) is 6.04 Å². The maximum Gasteiger partial charge on any atom is 0.327 e. The number of carbonyl (C=O) groups is 2. The molecule has 2 aliphatic rings. The van der Waals surface area contributed by atoms with Gasteiger partial charge in [-0.05, 0) is 24.7 Å². The van der Waals surface area contributed by atoms with Crippen molar-refractivity contribution in [2.75, 3.05) is 26.3 Å². The van der Waals surface area contributed by atoms with Gasteiger partial charge in [0.2, 0.25) is 0 Å². The van der Waals surface area contributed by atoms with Crippen LogP contribution in [0, 0.1) is 11.3 Å². The first-order valence-electron chi connectivity index (χ1n) is 7.27. The summed E-state index contributed by atoms with van der Waals surface area (Å²) >= 11 is 0. The fraction of sp³-hybridized carbons (Fsp3) is 0.857. The molecule has 2 unspecified atom stereocenters. The summed E-state index contributed by atoms with van der Waals surface area (Å²) in [6.45, 7) is 6.31. The van der Waals surface area contributed by atoms with Gasteiger partial charge < -0.3 is 20.1 Å². The fourth-order valence-corrected chi connectivity index (χ4v) is 3.16. The summed E-state index contributed by atoms with van der Waals surface area (Å²) in [5.74, 6) is -0.575. The van der Waals surface area contributed by atoms with Crippen LogP contribution in [0.15, 0.2) is 0 Å². The van der Waals surface area contributed by atoms with Gasteiger partial charge in [-0.25, -0.2) is 9.59 Å². The number of hydrogen-bond acceptors (Lipinski definition) is 3. The second-order valence-corrected chi connectivity index (χ2v) is 6.44. The van der Waals surface area contributed by atoms with Crippen LogP contribution in [0.1, 0.15) is 33.1 Å². The summed E-state index contributed by atoms with van der Waals surface area (Å²) in [6, 6.07) is -1.02. The first-order valence-corrected chi connectivity index (χ1v) is 7.27. The smallest absolute Gasteiger partial charge is 0.327 e. The lowest BCUT2D eigenvalue weighted by Gasteiger charge is -2.43. The van der Waals surface area contributed by atoms with Crippen LogP contribution in [-0.4, -0.2) is 54.4 Å². The van der Waals surface area contributed by atoms with Crippen molar-refractivity contribution in [3.8, 4) is 0 Å². The van der Waals surface area contributed by atoms with Crippen molar-refractivity contribution < 1.29 is 19.4 Å². The van der Waals surface area contributed by atoms with Gasteiger partial charge in [0.25, 0.3) is 0 Å². The van der Waals surface area contributed by atoms with Gasteiger partial charge in [-0.3, -0.25) is 0 Å². The summed E-state index contributed by atoms with van der Waals surface area (Å²) in [7, 11) is 0. The minimum absolute atomic E-state index is 0.267. The molecule has 0 aliphatic carbocycles. The van der Waals surface area contributed by atoms with E-state index >= 15 is 0 Å². The number of carbonyl (C=O) groups excluding carboxylic acids is 1. The molecule has 114 valence electrons. The average Bonchev–Trinajstić information content (AvgIpc) is 2.86. The molecule has 2 aliphatic heterocycles. The molecule has 2 fully saturated rings. The highest BCUT2D eigenvalue weighted by Gasteiger charge is 2.44. The highest BCUT2D eigenvalue weighted by molar-refractivity contribution is 5.83. The molecule has 0 radical (unpaired) electrons. The van der Waals surface area contributed by atoms with Gasteiger partial charge in [0, 0.05) is 25.6 Å². The van der Waals surface area contributed by atoms with E-state index < -0.39 is 17.4 Å². The Morgan fingerprint density at radius 2 is 2.20 bits per heavy atom. The molecule has 6 nitrogen and oxygen atoms in total. The molecule has 2 amide bonds. The number of carboxylic acid groups (broad SMARTS) is 1. The number of amides is 2. The lowest BCUT2D eigenvalue weighted by Crippen LogP contribution is -2.59. The van der Waals surface area contributed by atoms with Gasteiger partial charge in [-0.15, -0.1) is 0 Å². The molecule has 0 bridgehead atoms. The maximum atomic E-state index is 12.3. The van der Waals surface area contributed by atoms with E-state index in [9.17, 15) is 14.7 Å². The lowest BCUT2D eigenvalue weighted by atomic mass is 9.76. The molecule has 2 N–H and O–H groups in total. The predicted molar refractivity (Wildman–Crippen MR) is 73.5 cm³/mol. The molecule has 0 spiro atoms. The van der Waals surface area contributed by atoms with Gasteiger partial charge in [-0.2, -0.15) is 0 Å². The number of nitrogens with one attached hydrogen (secondary N) is 1. The van der Waals surface area contributed by atoms with Crippen molar-refractivity contribution in [2.45, 2.75) is 39.2 Å². The van der Waals surface area contributed by atoms with Crippen molar-refractivity contribution in [1.82, 2.24) is 10.2 Å². The molecule has 2 rings (SSSR count). The standard InChI is InChI=1S/C14H24N2O4/c1-14(2)5-3-6-16(11(14)12(17)18)13(19)15-8-10-4-7-20-9-10/h10-11H,3-9H2,1-2H3,(H,15,19)(H,17,18). The monoisotopic (exact) mass is 284 g/mol. The van der Waals surface area contributed by atoms with Crippen molar-refractivity contribution in [1.29, 1.82) is 0 Å². The number of aliphatic carboxylic acids is 1.